The van der Waals surface area contributed by atoms with Crippen LogP contribution in [0.2, 0.25) is 0 Å². The van der Waals surface area contributed by atoms with E-state index in [2.05, 4.69) is 0 Å². The van der Waals surface area contributed by atoms with Gasteiger partial charge in [-0.3, -0.25) is 24.1 Å². The molecule has 11 nitrogen and oxygen atoms in total. The number of aromatic hydroxyl groups is 1. The number of fused-ring (bicyclic) bond motifs is 3. The van der Waals surface area contributed by atoms with E-state index < -0.39 is 63.8 Å². The van der Waals surface area contributed by atoms with Crippen LogP contribution in [0.3, 0.4) is 0 Å². The lowest BCUT2D eigenvalue weighted by Crippen LogP contribution is -2.65. The Hall–Kier alpha value is -3.70. The maximum atomic E-state index is 13.7. The second kappa shape index (κ2) is 7.67. The minimum Gasteiger partial charge on any atom is -0.508 e. The number of methoxy groups -OCH3 is 1. The molecular formula is C23H24N2O9. The molecule has 0 aliphatic heterocycles. The number of carbonyl (C=O) groups excluding carboxylic acids is 4. The van der Waals surface area contributed by atoms with E-state index in [0.29, 0.717) is 11.8 Å². The molecule has 0 heterocycles. The number of hydrogen-bond donors (Lipinski definition) is 5. The Morgan fingerprint density at radius 1 is 1.26 bits per heavy atom. The molecule has 0 radical (unpaired) electrons. The highest BCUT2D eigenvalue weighted by Crippen LogP contribution is 2.53. The van der Waals surface area contributed by atoms with Crippen molar-refractivity contribution in [1.29, 1.82) is 0 Å². The van der Waals surface area contributed by atoms with E-state index in [1.807, 2.05) is 0 Å². The van der Waals surface area contributed by atoms with E-state index >= 15 is 0 Å². The van der Waals surface area contributed by atoms with Crippen LogP contribution < -0.4 is 10.5 Å². The average Bonchev–Trinajstić information content (AvgIpc) is 2.76. The largest absolute Gasteiger partial charge is 0.508 e. The number of aldehydes is 1. The predicted molar refractivity (Wildman–Crippen MR) is 116 cm³/mol. The number of ether oxygens (including phenoxy) is 1. The molecule has 4 rings (SSSR count). The molecule has 1 saturated carbocycles. The van der Waals surface area contributed by atoms with Gasteiger partial charge in [-0.25, -0.2) is 0 Å². The van der Waals surface area contributed by atoms with Gasteiger partial charge >= 0.3 is 0 Å². The molecule has 1 amide bonds. The minimum atomic E-state index is -2.72. The van der Waals surface area contributed by atoms with Gasteiger partial charge in [0, 0.05) is 17.1 Å². The van der Waals surface area contributed by atoms with E-state index in [4.69, 9.17) is 10.5 Å². The molecule has 3 aliphatic rings. The van der Waals surface area contributed by atoms with Crippen molar-refractivity contribution in [2.75, 3.05) is 21.2 Å². The monoisotopic (exact) mass is 472 g/mol. The first-order valence-corrected chi connectivity index (χ1v) is 10.4. The molecule has 6 N–H and O–H groups in total. The zero-order valence-electron chi connectivity index (χ0n) is 18.7. The van der Waals surface area contributed by atoms with Crippen molar-refractivity contribution in [2.24, 2.45) is 17.6 Å². The number of hydrogen-bond acceptors (Lipinski definition) is 10. The molecule has 3 aliphatic carbocycles. The number of rotatable bonds is 4. The highest BCUT2D eigenvalue weighted by Gasteiger charge is 2.64. The van der Waals surface area contributed by atoms with Crippen LogP contribution in [0.25, 0.3) is 5.76 Å². The van der Waals surface area contributed by atoms with E-state index in [9.17, 15) is 39.6 Å². The highest BCUT2D eigenvalue weighted by atomic mass is 16.5. The van der Waals surface area contributed by atoms with Gasteiger partial charge in [0.1, 0.15) is 28.6 Å². The number of amides is 1. The number of phenolic OH excluding ortho intramolecular Hbond substituents is 1. The maximum Gasteiger partial charge on any atom is 0.255 e. The third kappa shape index (κ3) is 2.83. The number of phenols is 1. The van der Waals surface area contributed by atoms with Crippen LogP contribution in [-0.4, -0.2) is 81.9 Å². The van der Waals surface area contributed by atoms with Gasteiger partial charge in [0.15, 0.2) is 17.7 Å². The van der Waals surface area contributed by atoms with Crippen molar-refractivity contribution in [3.05, 3.63) is 39.7 Å². The summed E-state index contributed by atoms with van der Waals surface area (Å²) in [6.07, 6.45) is 0.395. The molecule has 0 aromatic heterocycles. The molecule has 0 spiro atoms. The summed E-state index contributed by atoms with van der Waals surface area (Å²) in [7, 11) is 4.39. The fourth-order valence-electron chi connectivity index (χ4n) is 5.57. The van der Waals surface area contributed by atoms with Crippen LogP contribution in [0.15, 0.2) is 23.0 Å². The van der Waals surface area contributed by atoms with Crippen LogP contribution in [0.4, 0.5) is 0 Å². The molecule has 1 fully saturated rings. The van der Waals surface area contributed by atoms with Gasteiger partial charge in [0.05, 0.1) is 24.3 Å². The summed E-state index contributed by atoms with van der Waals surface area (Å²) in [5.74, 6) is -7.35. The molecule has 34 heavy (non-hydrogen) atoms. The molecular weight excluding hydrogens is 448 g/mol. The van der Waals surface area contributed by atoms with Gasteiger partial charge < -0.3 is 30.9 Å². The first-order chi connectivity index (χ1) is 15.9. The topological polar surface area (TPSA) is 188 Å². The van der Waals surface area contributed by atoms with E-state index in [0.717, 1.165) is 0 Å². The number of likely N-dealkylation sites (N-methyl/N-ethyl adjacent to an activating group) is 1. The van der Waals surface area contributed by atoms with E-state index in [-0.39, 0.29) is 35.3 Å². The summed E-state index contributed by atoms with van der Waals surface area (Å²) >= 11 is 0. The van der Waals surface area contributed by atoms with Gasteiger partial charge in [-0.1, -0.05) is 0 Å². The molecule has 180 valence electrons. The number of Topliss-reactive ketones (excluding diaryl/α,β-unsaturated/α-hetero) is 2. The van der Waals surface area contributed by atoms with E-state index in [1.165, 1.54) is 32.2 Å². The van der Waals surface area contributed by atoms with E-state index in [1.54, 1.807) is 0 Å². The Kier molecular flexibility index (Phi) is 5.29. The van der Waals surface area contributed by atoms with Crippen molar-refractivity contribution < 1.29 is 44.3 Å². The predicted octanol–water partition coefficient (Wildman–Crippen LogP) is -0.215. The highest BCUT2D eigenvalue weighted by molar-refractivity contribution is 6.24. The van der Waals surface area contributed by atoms with Crippen LogP contribution in [0.5, 0.6) is 11.5 Å². The number of nitrogens with two attached hydrogens (primary N) is 1. The molecule has 4 atom stereocenters. The SMILES string of the molecule is COc1cc(C=O)c(O)c2c1C[C@H]1C[C@H]3[C@H](N(C)C)C(=O)C(C(N)=O)=C(O)[C@@]3(O)C(=O)C1=C2O. The quantitative estimate of drug-likeness (QED) is 0.290. The van der Waals surface area contributed by atoms with Crippen molar-refractivity contribution >= 4 is 29.5 Å². The first-order valence-electron chi connectivity index (χ1n) is 10.4. The zero-order chi connectivity index (χ0) is 25.3. The third-order valence-electron chi connectivity index (χ3n) is 7.06. The van der Waals surface area contributed by atoms with Crippen LogP contribution in [0, 0.1) is 11.8 Å². The van der Waals surface area contributed by atoms with Crippen molar-refractivity contribution in [3.63, 3.8) is 0 Å². The molecule has 11 heteroatoms. The molecule has 0 saturated heterocycles. The molecule has 1 aromatic rings. The first kappa shape index (κ1) is 23.5. The normalized spacial score (nSPS) is 28.4. The van der Waals surface area contributed by atoms with Gasteiger partial charge in [-0.05, 0) is 38.9 Å². The fourth-order valence-corrected chi connectivity index (χ4v) is 5.57. The average molecular weight is 472 g/mol. The third-order valence-corrected chi connectivity index (χ3v) is 7.06. The summed E-state index contributed by atoms with van der Waals surface area (Å²) in [5, 5.41) is 44.0. The number of carbonyl (C=O) groups is 4. The van der Waals surface area contributed by atoms with Crippen LogP contribution in [0.1, 0.15) is 27.9 Å². The van der Waals surface area contributed by atoms with Gasteiger partial charge in [0.25, 0.3) is 5.91 Å². The molecule has 0 bridgehead atoms. The Bertz CT molecular complexity index is 1230. The fraction of sp³-hybridized carbons (Fsp3) is 0.391. The number of aliphatic hydroxyl groups excluding tert-OH is 2. The lowest BCUT2D eigenvalue weighted by molar-refractivity contribution is -0.153. The minimum absolute atomic E-state index is 0.0366. The lowest BCUT2D eigenvalue weighted by atomic mass is 9.57. The Balaban J connectivity index is 2.01. The lowest BCUT2D eigenvalue weighted by Gasteiger charge is -2.50. The van der Waals surface area contributed by atoms with Crippen LogP contribution >= 0.6 is 0 Å². The number of ketones is 2. The molecule has 1 aromatic carbocycles. The Labute approximate surface area is 193 Å². The Morgan fingerprint density at radius 2 is 1.91 bits per heavy atom. The van der Waals surface area contributed by atoms with Crippen molar-refractivity contribution in [2.45, 2.75) is 24.5 Å². The summed E-state index contributed by atoms with van der Waals surface area (Å²) < 4.78 is 5.33. The standard InChI is InChI=1S/C23H24N2O9/c1-25(2)16-11-5-8-4-10-12(34-3)6-9(7-26)17(27)14(10)18(28)13(8)20(30)23(11,33)21(31)15(19(16)29)22(24)32/h6-8,11,16,27-28,31,33H,4-5H2,1-3H3,(H2,24,32)/t8-,11-,16-,23-/m0/s1. The van der Waals surface area contributed by atoms with Gasteiger partial charge in [-0.2, -0.15) is 0 Å². The second-order valence-corrected chi connectivity index (χ2v) is 8.95. The van der Waals surface area contributed by atoms with Crippen LogP contribution in [-0.2, 0) is 20.8 Å². The summed E-state index contributed by atoms with van der Waals surface area (Å²) in [6, 6.07) is 0.145. The number of benzene rings is 1. The van der Waals surface area contributed by atoms with Crippen molar-refractivity contribution in [1.82, 2.24) is 4.90 Å². The zero-order valence-corrected chi connectivity index (χ0v) is 18.7. The summed E-state index contributed by atoms with van der Waals surface area (Å²) in [4.78, 5) is 51.5. The smallest absolute Gasteiger partial charge is 0.255 e. The number of nitrogens with zero attached hydrogens (tertiary/aromatic N) is 1. The van der Waals surface area contributed by atoms with Gasteiger partial charge in [-0.15, -0.1) is 0 Å². The van der Waals surface area contributed by atoms with Crippen molar-refractivity contribution in [3.8, 4) is 11.5 Å². The number of primary amides is 1. The number of aliphatic hydroxyl groups is 3. The molecule has 0 unspecified atom stereocenters. The summed E-state index contributed by atoms with van der Waals surface area (Å²) in [5.41, 5.74) is 1.35. The Morgan fingerprint density at radius 3 is 2.44 bits per heavy atom. The summed E-state index contributed by atoms with van der Waals surface area (Å²) in [6.45, 7) is 0. The van der Waals surface area contributed by atoms with Gasteiger partial charge in [0.2, 0.25) is 5.78 Å². The maximum absolute atomic E-state index is 13.7. The second-order valence-electron chi connectivity index (χ2n) is 8.95.